The molecule has 0 fully saturated rings. The van der Waals surface area contributed by atoms with E-state index in [1.165, 1.54) is 0 Å². The fourth-order valence-electron chi connectivity index (χ4n) is 2.64. The molecule has 0 unspecified atom stereocenters. The molecule has 2 aromatic carbocycles. The summed E-state index contributed by atoms with van der Waals surface area (Å²) in [7, 11) is 0. The standard InChI is InChI=1S/C20H18N2O4S/c1-13-12-27-19(21-13)11-26-16-5-2-14(3-6-16)20(23)22-15-4-7-17-18(10-15)25-9-8-24-17/h2-7,10,12H,8-9,11H2,1H3,(H,22,23). The number of carbonyl (C=O) groups excluding carboxylic acids is 1. The topological polar surface area (TPSA) is 69.7 Å². The summed E-state index contributed by atoms with van der Waals surface area (Å²) >= 11 is 1.57. The number of aromatic nitrogens is 1. The number of carbonyl (C=O) groups is 1. The molecule has 1 aliphatic rings. The minimum atomic E-state index is -0.200. The van der Waals surface area contributed by atoms with Crippen molar-refractivity contribution < 1.29 is 19.0 Å². The monoisotopic (exact) mass is 382 g/mol. The van der Waals surface area contributed by atoms with E-state index in [-0.39, 0.29) is 5.91 Å². The maximum Gasteiger partial charge on any atom is 0.255 e. The number of hydrogen-bond donors (Lipinski definition) is 1. The molecule has 0 saturated heterocycles. The Morgan fingerprint density at radius 3 is 2.67 bits per heavy atom. The SMILES string of the molecule is Cc1csc(COc2ccc(C(=O)Nc3ccc4c(c3)OCCO4)cc2)n1. The third kappa shape index (κ3) is 4.20. The molecule has 1 aliphatic heterocycles. The number of hydrogen-bond acceptors (Lipinski definition) is 6. The second-order valence-corrected chi connectivity index (χ2v) is 6.95. The minimum absolute atomic E-state index is 0.200. The van der Waals surface area contributed by atoms with Crippen LogP contribution in [0, 0.1) is 6.92 Å². The molecule has 6 nitrogen and oxygen atoms in total. The van der Waals surface area contributed by atoms with Gasteiger partial charge in [-0.3, -0.25) is 4.79 Å². The van der Waals surface area contributed by atoms with Crippen molar-refractivity contribution in [2.75, 3.05) is 18.5 Å². The molecule has 0 aliphatic carbocycles. The summed E-state index contributed by atoms with van der Waals surface area (Å²) in [6.45, 7) is 3.41. The maximum atomic E-state index is 12.4. The second-order valence-electron chi connectivity index (χ2n) is 6.01. The van der Waals surface area contributed by atoms with Crippen molar-refractivity contribution >= 4 is 22.9 Å². The third-order valence-corrected chi connectivity index (χ3v) is 4.89. The van der Waals surface area contributed by atoms with Crippen molar-refractivity contribution in [1.82, 2.24) is 4.98 Å². The summed E-state index contributed by atoms with van der Waals surface area (Å²) in [4.78, 5) is 16.8. The number of fused-ring (bicyclic) bond motifs is 1. The normalized spacial score (nSPS) is 12.5. The van der Waals surface area contributed by atoms with Crippen molar-refractivity contribution in [3.05, 3.63) is 64.1 Å². The van der Waals surface area contributed by atoms with Crippen molar-refractivity contribution in [3.8, 4) is 17.2 Å². The van der Waals surface area contributed by atoms with Gasteiger partial charge in [0.25, 0.3) is 5.91 Å². The van der Waals surface area contributed by atoms with Gasteiger partial charge in [-0.15, -0.1) is 11.3 Å². The van der Waals surface area contributed by atoms with Gasteiger partial charge in [0.1, 0.15) is 30.6 Å². The summed E-state index contributed by atoms with van der Waals surface area (Å²) in [5, 5.41) is 5.78. The van der Waals surface area contributed by atoms with Gasteiger partial charge in [-0.1, -0.05) is 0 Å². The lowest BCUT2D eigenvalue weighted by Gasteiger charge is -2.19. The average molecular weight is 382 g/mol. The van der Waals surface area contributed by atoms with Crippen LogP contribution < -0.4 is 19.5 Å². The summed E-state index contributed by atoms with van der Waals surface area (Å²) in [6.07, 6.45) is 0. The van der Waals surface area contributed by atoms with Crippen LogP contribution in [0.15, 0.2) is 47.8 Å². The number of benzene rings is 2. The number of nitrogens with zero attached hydrogens (tertiary/aromatic N) is 1. The molecule has 3 aromatic rings. The summed E-state index contributed by atoms with van der Waals surface area (Å²) in [6, 6.07) is 12.4. The molecular formula is C20H18N2O4S. The molecule has 7 heteroatoms. The highest BCUT2D eigenvalue weighted by atomic mass is 32.1. The Kier molecular flexibility index (Phi) is 4.93. The molecular weight excluding hydrogens is 364 g/mol. The van der Waals surface area contributed by atoms with E-state index in [0.717, 1.165) is 10.7 Å². The van der Waals surface area contributed by atoms with Crippen LogP contribution >= 0.6 is 11.3 Å². The Bertz CT molecular complexity index is 953. The van der Waals surface area contributed by atoms with Gasteiger partial charge in [0.05, 0.1) is 0 Å². The Labute approximate surface area is 160 Å². The van der Waals surface area contributed by atoms with Crippen LogP contribution in [-0.4, -0.2) is 24.1 Å². The smallest absolute Gasteiger partial charge is 0.255 e. The van der Waals surface area contributed by atoms with E-state index in [2.05, 4.69) is 10.3 Å². The van der Waals surface area contributed by atoms with Gasteiger partial charge in [0.15, 0.2) is 11.5 Å². The lowest BCUT2D eigenvalue weighted by atomic mass is 10.2. The molecule has 0 atom stereocenters. The fourth-order valence-corrected chi connectivity index (χ4v) is 3.32. The molecule has 1 amide bonds. The molecule has 27 heavy (non-hydrogen) atoms. The van der Waals surface area contributed by atoms with Crippen LogP contribution in [-0.2, 0) is 6.61 Å². The van der Waals surface area contributed by atoms with Crippen molar-refractivity contribution in [2.45, 2.75) is 13.5 Å². The largest absolute Gasteiger partial charge is 0.486 e. The number of aryl methyl sites for hydroxylation is 1. The fraction of sp³-hybridized carbons (Fsp3) is 0.200. The molecule has 0 radical (unpaired) electrons. The first-order valence-corrected chi connectivity index (χ1v) is 9.40. The predicted molar refractivity (Wildman–Crippen MR) is 103 cm³/mol. The molecule has 4 rings (SSSR count). The summed E-state index contributed by atoms with van der Waals surface area (Å²) < 4.78 is 16.7. The average Bonchev–Trinajstić information content (AvgIpc) is 3.12. The van der Waals surface area contributed by atoms with Crippen LogP contribution in [0.4, 0.5) is 5.69 Å². The van der Waals surface area contributed by atoms with Gasteiger partial charge in [-0.05, 0) is 43.3 Å². The van der Waals surface area contributed by atoms with E-state index in [9.17, 15) is 4.79 Å². The quantitative estimate of drug-likeness (QED) is 0.721. The van der Waals surface area contributed by atoms with Crippen LogP contribution in [0.25, 0.3) is 0 Å². The summed E-state index contributed by atoms with van der Waals surface area (Å²) in [5.74, 6) is 1.82. The molecule has 0 spiro atoms. The highest BCUT2D eigenvalue weighted by Crippen LogP contribution is 2.32. The minimum Gasteiger partial charge on any atom is -0.486 e. The van der Waals surface area contributed by atoms with E-state index < -0.39 is 0 Å². The number of rotatable bonds is 5. The molecule has 1 N–H and O–H groups in total. The van der Waals surface area contributed by atoms with Crippen molar-refractivity contribution in [3.63, 3.8) is 0 Å². The van der Waals surface area contributed by atoms with Crippen LogP contribution in [0.3, 0.4) is 0 Å². The van der Waals surface area contributed by atoms with Gasteiger partial charge in [0, 0.05) is 28.4 Å². The Hall–Kier alpha value is -3.06. The lowest BCUT2D eigenvalue weighted by Crippen LogP contribution is -2.16. The number of anilines is 1. The van der Waals surface area contributed by atoms with Crippen LogP contribution in [0.1, 0.15) is 21.1 Å². The highest BCUT2D eigenvalue weighted by molar-refractivity contribution is 7.09. The van der Waals surface area contributed by atoms with Gasteiger partial charge >= 0.3 is 0 Å². The maximum absolute atomic E-state index is 12.4. The number of thiazole rings is 1. The highest BCUT2D eigenvalue weighted by Gasteiger charge is 2.13. The zero-order valence-electron chi connectivity index (χ0n) is 14.7. The molecule has 0 bridgehead atoms. The van der Waals surface area contributed by atoms with Crippen molar-refractivity contribution in [2.24, 2.45) is 0 Å². The van der Waals surface area contributed by atoms with Crippen LogP contribution in [0.2, 0.25) is 0 Å². The first-order chi connectivity index (χ1) is 13.2. The molecule has 1 aromatic heterocycles. The summed E-state index contributed by atoms with van der Waals surface area (Å²) in [5.41, 5.74) is 2.19. The third-order valence-electron chi connectivity index (χ3n) is 3.95. The second kappa shape index (κ2) is 7.67. The van der Waals surface area contributed by atoms with Gasteiger partial charge < -0.3 is 19.5 Å². The Morgan fingerprint density at radius 1 is 1.15 bits per heavy atom. The first kappa shape index (κ1) is 17.4. The number of nitrogens with one attached hydrogen (secondary N) is 1. The zero-order valence-corrected chi connectivity index (χ0v) is 15.5. The van der Waals surface area contributed by atoms with E-state index in [1.807, 2.05) is 12.3 Å². The van der Waals surface area contributed by atoms with E-state index >= 15 is 0 Å². The lowest BCUT2D eigenvalue weighted by molar-refractivity contribution is 0.102. The Morgan fingerprint density at radius 2 is 1.93 bits per heavy atom. The molecule has 0 saturated carbocycles. The van der Waals surface area contributed by atoms with Gasteiger partial charge in [-0.25, -0.2) is 4.98 Å². The number of ether oxygens (including phenoxy) is 3. The van der Waals surface area contributed by atoms with Crippen molar-refractivity contribution in [1.29, 1.82) is 0 Å². The molecule has 2 heterocycles. The van der Waals surface area contributed by atoms with Crippen LogP contribution in [0.5, 0.6) is 17.2 Å². The Balaban J connectivity index is 1.37. The predicted octanol–water partition coefficient (Wildman–Crippen LogP) is 4.05. The van der Waals surface area contributed by atoms with E-state index in [1.54, 1.807) is 53.8 Å². The van der Waals surface area contributed by atoms with E-state index in [4.69, 9.17) is 14.2 Å². The zero-order chi connectivity index (χ0) is 18.6. The number of amides is 1. The van der Waals surface area contributed by atoms with Gasteiger partial charge in [-0.2, -0.15) is 0 Å². The molecule has 138 valence electrons. The van der Waals surface area contributed by atoms with Gasteiger partial charge in [0.2, 0.25) is 0 Å². The first-order valence-electron chi connectivity index (χ1n) is 8.52. The van der Waals surface area contributed by atoms with E-state index in [0.29, 0.717) is 48.3 Å².